The number of nitrogens with zero attached hydrogens (tertiary/aromatic N) is 2. The summed E-state index contributed by atoms with van der Waals surface area (Å²) in [5.74, 6) is 0. The molecule has 2 aromatic rings. The van der Waals surface area contributed by atoms with E-state index in [1.165, 1.54) is 0 Å². The van der Waals surface area contributed by atoms with E-state index in [9.17, 15) is 0 Å². The van der Waals surface area contributed by atoms with Crippen molar-refractivity contribution in [3.05, 3.63) is 45.7 Å². The van der Waals surface area contributed by atoms with Gasteiger partial charge in [0.05, 0.1) is 39.7 Å². The van der Waals surface area contributed by atoms with Crippen LogP contribution in [0.2, 0.25) is 10.0 Å². The molecule has 0 amide bonds. The van der Waals surface area contributed by atoms with Gasteiger partial charge in [0.25, 0.3) is 0 Å². The Morgan fingerprint density at radius 3 is 2.75 bits per heavy atom. The van der Waals surface area contributed by atoms with Gasteiger partial charge in [-0.2, -0.15) is 8.75 Å². The van der Waals surface area contributed by atoms with Gasteiger partial charge in [0, 0.05) is 0 Å². The summed E-state index contributed by atoms with van der Waals surface area (Å²) in [4.78, 5) is 0. The monoisotopic (exact) mass is 273 g/mol. The number of nitrogens with two attached hydrogens (primary N) is 1. The van der Waals surface area contributed by atoms with Crippen molar-refractivity contribution in [1.29, 1.82) is 0 Å². The number of halogens is 2. The average molecular weight is 274 g/mol. The number of benzene rings is 1. The van der Waals surface area contributed by atoms with Gasteiger partial charge in [-0.1, -0.05) is 29.3 Å². The van der Waals surface area contributed by atoms with Gasteiger partial charge >= 0.3 is 0 Å². The van der Waals surface area contributed by atoms with E-state index < -0.39 is 0 Å². The average Bonchev–Trinajstić information content (AvgIpc) is 2.77. The Kier molecular flexibility index (Phi) is 3.76. The smallest absolute Gasteiger partial charge is 0.0913 e. The van der Waals surface area contributed by atoms with E-state index in [-0.39, 0.29) is 6.04 Å². The maximum absolute atomic E-state index is 5.99. The molecular formula is C10H9Cl2N3S. The number of hydrogen-bond acceptors (Lipinski definition) is 4. The van der Waals surface area contributed by atoms with E-state index in [2.05, 4.69) is 8.75 Å². The van der Waals surface area contributed by atoms with Crippen molar-refractivity contribution in [1.82, 2.24) is 8.75 Å². The number of hydrogen-bond donors (Lipinski definition) is 1. The lowest BCUT2D eigenvalue weighted by molar-refractivity contribution is 0.704. The fourth-order valence-electron chi connectivity index (χ4n) is 1.36. The minimum Gasteiger partial charge on any atom is -0.322 e. The summed E-state index contributed by atoms with van der Waals surface area (Å²) >= 11 is 12.9. The largest absolute Gasteiger partial charge is 0.322 e. The molecule has 1 heterocycles. The van der Waals surface area contributed by atoms with E-state index in [0.29, 0.717) is 16.5 Å². The van der Waals surface area contributed by atoms with Crippen molar-refractivity contribution in [3.63, 3.8) is 0 Å². The summed E-state index contributed by atoms with van der Waals surface area (Å²) in [7, 11) is 0. The second-order valence-electron chi connectivity index (χ2n) is 3.39. The summed E-state index contributed by atoms with van der Waals surface area (Å²) in [5, 5.41) is 1.09. The first-order valence-electron chi connectivity index (χ1n) is 4.64. The zero-order valence-corrected chi connectivity index (χ0v) is 10.6. The van der Waals surface area contributed by atoms with Crippen molar-refractivity contribution >= 4 is 34.9 Å². The molecule has 1 unspecified atom stereocenters. The van der Waals surface area contributed by atoms with Crippen LogP contribution in [0.15, 0.2) is 24.4 Å². The van der Waals surface area contributed by atoms with Crippen molar-refractivity contribution in [2.24, 2.45) is 5.73 Å². The molecule has 0 bridgehead atoms. The highest BCUT2D eigenvalue weighted by molar-refractivity contribution is 6.99. The van der Waals surface area contributed by atoms with Crippen LogP contribution in [0, 0.1) is 0 Å². The molecule has 0 aliphatic rings. The predicted octanol–water partition coefficient (Wildman–Crippen LogP) is 3.09. The molecule has 84 valence electrons. The van der Waals surface area contributed by atoms with Crippen LogP contribution in [-0.2, 0) is 6.42 Å². The highest BCUT2D eigenvalue weighted by atomic mass is 35.5. The fraction of sp³-hybridized carbons (Fsp3) is 0.200. The third-order valence-electron chi connectivity index (χ3n) is 2.20. The quantitative estimate of drug-likeness (QED) is 0.935. The Hall–Kier alpha value is -0.680. The lowest BCUT2D eigenvalue weighted by Gasteiger charge is -2.08. The normalized spacial score (nSPS) is 12.7. The summed E-state index contributed by atoms with van der Waals surface area (Å²) in [6.07, 6.45) is 2.36. The second kappa shape index (κ2) is 5.10. The summed E-state index contributed by atoms with van der Waals surface area (Å²) in [6.45, 7) is 0. The highest BCUT2D eigenvalue weighted by Gasteiger charge is 2.10. The summed E-state index contributed by atoms with van der Waals surface area (Å²) in [5.41, 5.74) is 7.83. The lowest BCUT2D eigenvalue weighted by Crippen LogP contribution is -2.13. The zero-order valence-electron chi connectivity index (χ0n) is 8.23. The fourth-order valence-corrected chi connectivity index (χ4v) is 2.16. The van der Waals surface area contributed by atoms with Gasteiger partial charge < -0.3 is 5.73 Å². The SMILES string of the molecule is NC(Cc1ccc(Cl)c(Cl)c1)c1cnsn1. The maximum atomic E-state index is 5.99. The molecule has 0 radical (unpaired) electrons. The van der Waals surface area contributed by atoms with Gasteiger partial charge in [-0.15, -0.1) is 0 Å². The Labute approximate surface area is 108 Å². The molecule has 6 heteroatoms. The molecule has 16 heavy (non-hydrogen) atoms. The van der Waals surface area contributed by atoms with Crippen molar-refractivity contribution in [2.75, 3.05) is 0 Å². The Balaban J connectivity index is 2.12. The van der Waals surface area contributed by atoms with Gasteiger partial charge in [-0.05, 0) is 24.1 Å². The van der Waals surface area contributed by atoms with E-state index in [1.54, 1.807) is 12.3 Å². The van der Waals surface area contributed by atoms with E-state index >= 15 is 0 Å². The molecule has 1 atom stereocenters. The van der Waals surface area contributed by atoms with Crippen LogP contribution < -0.4 is 5.73 Å². The number of rotatable bonds is 3. The predicted molar refractivity (Wildman–Crippen MR) is 67.0 cm³/mol. The Morgan fingerprint density at radius 2 is 2.12 bits per heavy atom. The molecule has 3 nitrogen and oxygen atoms in total. The summed E-state index contributed by atoms with van der Waals surface area (Å²) < 4.78 is 8.02. The van der Waals surface area contributed by atoms with Crippen molar-refractivity contribution in [2.45, 2.75) is 12.5 Å². The van der Waals surface area contributed by atoms with Crippen LogP contribution in [0.4, 0.5) is 0 Å². The zero-order chi connectivity index (χ0) is 11.5. The van der Waals surface area contributed by atoms with E-state index in [4.69, 9.17) is 28.9 Å². The molecule has 0 aliphatic heterocycles. The number of aromatic nitrogens is 2. The second-order valence-corrected chi connectivity index (χ2v) is 4.76. The van der Waals surface area contributed by atoms with Crippen LogP contribution in [0.5, 0.6) is 0 Å². The molecule has 0 spiro atoms. The van der Waals surface area contributed by atoms with Gasteiger partial charge in [0.15, 0.2) is 0 Å². The topological polar surface area (TPSA) is 51.8 Å². The van der Waals surface area contributed by atoms with Crippen molar-refractivity contribution in [3.8, 4) is 0 Å². The lowest BCUT2D eigenvalue weighted by atomic mass is 10.0. The third kappa shape index (κ3) is 2.71. The summed E-state index contributed by atoms with van der Waals surface area (Å²) in [6, 6.07) is 5.35. The standard InChI is InChI=1S/C10H9Cl2N3S/c11-7-2-1-6(3-8(7)12)4-9(13)10-5-14-16-15-10/h1-3,5,9H,4,13H2. The molecule has 2 N–H and O–H groups in total. The van der Waals surface area contributed by atoms with Crippen LogP contribution in [0.1, 0.15) is 17.3 Å². The maximum Gasteiger partial charge on any atom is 0.0913 e. The molecular weight excluding hydrogens is 265 g/mol. The molecule has 0 aliphatic carbocycles. The van der Waals surface area contributed by atoms with Crippen LogP contribution in [0.25, 0.3) is 0 Å². The molecule has 0 saturated carbocycles. The van der Waals surface area contributed by atoms with Gasteiger partial charge in [0.1, 0.15) is 0 Å². The molecule has 2 rings (SSSR count). The van der Waals surface area contributed by atoms with Crippen LogP contribution in [-0.4, -0.2) is 8.75 Å². The van der Waals surface area contributed by atoms with E-state index in [1.807, 2.05) is 12.1 Å². The van der Waals surface area contributed by atoms with Crippen LogP contribution in [0.3, 0.4) is 0 Å². The minimum atomic E-state index is -0.156. The third-order valence-corrected chi connectivity index (χ3v) is 3.43. The first kappa shape index (κ1) is 11.8. The Morgan fingerprint density at radius 1 is 1.31 bits per heavy atom. The van der Waals surface area contributed by atoms with Gasteiger partial charge in [0.2, 0.25) is 0 Å². The first-order chi connectivity index (χ1) is 7.66. The Bertz CT molecular complexity index is 473. The highest BCUT2D eigenvalue weighted by Crippen LogP contribution is 2.24. The minimum absolute atomic E-state index is 0.156. The van der Waals surface area contributed by atoms with Gasteiger partial charge in [-0.25, -0.2) is 0 Å². The molecule has 0 fully saturated rings. The molecule has 0 saturated heterocycles. The van der Waals surface area contributed by atoms with Crippen molar-refractivity contribution < 1.29 is 0 Å². The van der Waals surface area contributed by atoms with E-state index in [0.717, 1.165) is 23.0 Å². The first-order valence-corrected chi connectivity index (χ1v) is 6.12. The molecule has 1 aromatic heterocycles. The van der Waals surface area contributed by atoms with Gasteiger partial charge in [-0.3, -0.25) is 0 Å². The molecule has 1 aromatic carbocycles. The van der Waals surface area contributed by atoms with Crippen LogP contribution >= 0.6 is 34.9 Å².